The normalized spacial score (nSPS) is 10.0. The Morgan fingerprint density at radius 1 is 0.897 bits per heavy atom. The zero-order chi connectivity index (χ0) is 20.8. The number of anilines is 2. The summed E-state index contributed by atoms with van der Waals surface area (Å²) >= 11 is 0. The van der Waals surface area contributed by atoms with Gasteiger partial charge in [-0.3, -0.25) is 0 Å². The molecule has 0 aliphatic carbocycles. The first kappa shape index (κ1) is 19.4. The highest BCUT2D eigenvalue weighted by Crippen LogP contribution is 2.35. The Kier molecular flexibility index (Phi) is 5.74. The smallest absolute Gasteiger partial charge is 0.149 e. The fourth-order valence-electron chi connectivity index (χ4n) is 3.43. The van der Waals surface area contributed by atoms with E-state index in [0.29, 0.717) is 11.4 Å². The van der Waals surface area contributed by atoms with Crippen molar-refractivity contribution in [3.63, 3.8) is 0 Å². The highest BCUT2D eigenvalue weighted by atomic mass is 15.2. The van der Waals surface area contributed by atoms with Crippen LogP contribution in [0.4, 0.5) is 11.6 Å². The summed E-state index contributed by atoms with van der Waals surface area (Å²) in [5.74, 6) is 0.352. The van der Waals surface area contributed by atoms with Crippen LogP contribution >= 0.6 is 0 Å². The first-order valence-corrected chi connectivity index (χ1v) is 8.94. The van der Waals surface area contributed by atoms with Gasteiger partial charge in [0.2, 0.25) is 0 Å². The van der Waals surface area contributed by atoms with Crippen LogP contribution in [0.15, 0.2) is 60.7 Å². The van der Waals surface area contributed by atoms with Crippen molar-refractivity contribution in [2.24, 2.45) is 0 Å². The summed E-state index contributed by atoms with van der Waals surface area (Å²) in [6.45, 7) is 0. The summed E-state index contributed by atoms with van der Waals surface area (Å²) in [6, 6.07) is 25.6. The van der Waals surface area contributed by atoms with E-state index in [2.05, 4.69) is 11.1 Å². The molecular formula is C23H18N6. The molecule has 6 heteroatoms. The number of aromatic nitrogens is 1. The maximum Gasteiger partial charge on any atom is 0.149 e. The maximum atomic E-state index is 9.83. The van der Waals surface area contributed by atoms with Gasteiger partial charge in [0.1, 0.15) is 29.3 Å². The molecule has 140 valence electrons. The largest absolute Gasteiger partial charge is 0.383 e. The van der Waals surface area contributed by atoms with Gasteiger partial charge in [0.15, 0.2) is 0 Å². The number of pyridine rings is 1. The molecular weight excluding hydrogens is 360 g/mol. The molecule has 0 spiro atoms. The summed E-state index contributed by atoms with van der Waals surface area (Å²) in [5.41, 5.74) is 8.63. The molecule has 2 N–H and O–H groups in total. The third kappa shape index (κ3) is 3.72. The standard InChI is InChI=1S/C23H18N6/c1-29(21(16-8-4-2-5-9-16)17-10-6-3-7-11-17)23-20(15-26)18(12-13-24)19(14-25)22(27)28-23/h2-11,21H,12H2,1H3,(H2,27,28). The predicted molar refractivity (Wildman–Crippen MR) is 111 cm³/mol. The van der Waals surface area contributed by atoms with E-state index in [1.165, 1.54) is 0 Å². The highest BCUT2D eigenvalue weighted by Gasteiger charge is 2.26. The van der Waals surface area contributed by atoms with Crippen molar-refractivity contribution in [1.29, 1.82) is 15.8 Å². The molecule has 1 heterocycles. The molecule has 0 radical (unpaired) electrons. The number of nitriles is 3. The number of hydrogen-bond acceptors (Lipinski definition) is 6. The molecule has 0 fully saturated rings. The van der Waals surface area contributed by atoms with Gasteiger partial charge < -0.3 is 10.6 Å². The first-order chi connectivity index (χ1) is 14.1. The van der Waals surface area contributed by atoms with Gasteiger partial charge in [0.05, 0.1) is 24.1 Å². The summed E-state index contributed by atoms with van der Waals surface area (Å²) in [4.78, 5) is 6.24. The van der Waals surface area contributed by atoms with Crippen molar-refractivity contribution >= 4 is 11.6 Å². The Morgan fingerprint density at radius 3 is 1.86 bits per heavy atom. The second kappa shape index (κ2) is 8.57. The molecule has 1 aromatic heterocycles. The van der Waals surface area contributed by atoms with Gasteiger partial charge >= 0.3 is 0 Å². The van der Waals surface area contributed by atoms with Crippen LogP contribution in [0.25, 0.3) is 0 Å². The molecule has 0 bridgehead atoms. The zero-order valence-corrected chi connectivity index (χ0v) is 15.9. The number of nitrogens with two attached hydrogens (primary N) is 1. The Hall–Kier alpha value is -4.34. The topological polar surface area (TPSA) is 114 Å². The molecule has 0 amide bonds. The molecule has 3 rings (SSSR count). The quantitative estimate of drug-likeness (QED) is 0.724. The summed E-state index contributed by atoms with van der Waals surface area (Å²) in [5, 5.41) is 28.5. The first-order valence-electron chi connectivity index (χ1n) is 8.94. The SMILES string of the molecule is CN(c1nc(N)c(C#N)c(CC#N)c1C#N)C(c1ccccc1)c1ccccc1. The molecule has 0 aliphatic rings. The van der Waals surface area contributed by atoms with Gasteiger partial charge in [-0.1, -0.05) is 60.7 Å². The van der Waals surface area contributed by atoms with Gasteiger partial charge in [-0.15, -0.1) is 0 Å². The number of hydrogen-bond donors (Lipinski definition) is 1. The van der Waals surface area contributed by atoms with Crippen LogP contribution in [-0.2, 0) is 6.42 Å². The van der Waals surface area contributed by atoms with Crippen LogP contribution in [0.2, 0.25) is 0 Å². The van der Waals surface area contributed by atoms with E-state index in [9.17, 15) is 15.8 Å². The maximum absolute atomic E-state index is 9.83. The number of nitrogens with zero attached hydrogens (tertiary/aromatic N) is 5. The van der Waals surface area contributed by atoms with Gasteiger partial charge in [-0.25, -0.2) is 4.98 Å². The Balaban J connectivity index is 2.24. The van der Waals surface area contributed by atoms with E-state index in [1.807, 2.05) is 84.7 Å². The van der Waals surface area contributed by atoms with Gasteiger partial charge in [-0.2, -0.15) is 15.8 Å². The number of benzene rings is 2. The van der Waals surface area contributed by atoms with Crippen LogP contribution in [-0.4, -0.2) is 12.0 Å². The third-order valence-electron chi connectivity index (χ3n) is 4.74. The minimum atomic E-state index is -0.237. The molecule has 29 heavy (non-hydrogen) atoms. The van der Waals surface area contributed by atoms with Gasteiger partial charge in [-0.05, 0) is 11.1 Å². The van der Waals surface area contributed by atoms with E-state index in [1.54, 1.807) is 0 Å². The lowest BCUT2D eigenvalue weighted by molar-refractivity contribution is 0.767. The fourth-order valence-corrected chi connectivity index (χ4v) is 3.43. The molecule has 2 aromatic carbocycles. The van der Waals surface area contributed by atoms with E-state index < -0.39 is 0 Å². The van der Waals surface area contributed by atoms with Crippen LogP contribution in [0, 0.1) is 34.0 Å². The Morgan fingerprint density at radius 2 is 1.41 bits per heavy atom. The summed E-state index contributed by atoms with van der Waals surface area (Å²) in [7, 11) is 1.83. The molecule has 3 aromatic rings. The second-order valence-electron chi connectivity index (χ2n) is 6.44. The number of rotatable bonds is 5. The lowest BCUT2D eigenvalue weighted by Gasteiger charge is -2.31. The van der Waals surface area contributed by atoms with Crippen molar-refractivity contribution in [1.82, 2.24) is 4.98 Å². The second-order valence-corrected chi connectivity index (χ2v) is 6.44. The fraction of sp³-hybridized carbons (Fsp3) is 0.130. The summed E-state index contributed by atoms with van der Waals surface area (Å²) < 4.78 is 0. The minimum absolute atomic E-state index is 0.0125. The lowest BCUT2D eigenvalue weighted by Crippen LogP contribution is -2.28. The van der Waals surface area contributed by atoms with Crippen LogP contribution < -0.4 is 10.6 Å². The van der Waals surface area contributed by atoms with Crippen molar-refractivity contribution in [2.75, 3.05) is 17.7 Å². The van der Waals surface area contributed by atoms with Crippen molar-refractivity contribution < 1.29 is 0 Å². The van der Waals surface area contributed by atoms with E-state index >= 15 is 0 Å². The molecule has 0 unspecified atom stereocenters. The molecule has 0 saturated carbocycles. The van der Waals surface area contributed by atoms with E-state index in [4.69, 9.17) is 5.73 Å². The van der Waals surface area contributed by atoms with Gasteiger partial charge in [0, 0.05) is 12.6 Å². The highest BCUT2D eigenvalue weighted by molar-refractivity contribution is 5.69. The van der Waals surface area contributed by atoms with Crippen molar-refractivity contribution in [3.8, 4) is 18.2 Å². The van der Waals surface area contributed by atoms with Crippen molar-refractivity contribution in [3.05, 3.63) is 88.5 Å². The lowest BCUT2D eigenvalue weighted by atomic mass is 9.95. The van der Waals surface area contributed by atoms with E-state index in [0.717, 1.165) is 11.1 Å². The average Bonchev–Trinajstić information content (AvgIpc) is 2.75. The predicted octanol–water partition coefficient (Wildman–Crippen LogP) is 3.70. The van der Waals surface area contributed by atoms with Crippen LogP contribution in [0.3, 0.4) is 0 Å². The van der Waals surface area contributed by atoms with E-state index in [-0.39, 0.29) is 29.4 Å². The minimum Gasteiger partial charge on any atom is -0.383 e. The Bertz CT molecular complexity index is 1090. The molecule has 6 nitrogen and oxygen atoms in total. The summed E-state index contributed by atoms with van der Waals surface area (Å²) in [6.07, 6.45) is -0.0965. The van der Waals surface area contributed by atoms with Crippen molar-refractivity contribution in [2.45, 2.75) is 12.5 Å². The molecule has 0 atom stereocenters. The van der Waals surface area contributed by atoms with Crippen LogP contribution in [0.1, 0.15) is 33.9 Å². The monoisotopic (exact) mass is 378 g/mol. The Labute approximate surface area is 169 Å². The molecule has 0 aliphatic heterocycles. The number of nitrogen functional groups attached to an aromatic ring is 1. The zero-order valence-electron chi connectivity index (χ0n) is 15.9. The van der Waals surface area contributed by atoms with Gasteiger partial charge in [0.25, 0.3) is 0 Å². The average molecular weight is 378 g/mol. The molecule has 0 saturated heterocycles. The third-order valence-corrected chi connectivity index (χ3v) is 4.74. The van der Waals surface area contributed by atoms with Crippen LogP contribution in [0.5, 0.6) is 0 Å².